The molecule has 0 bridgehead atoms. The second kappa shape index (κ2) is 2.46. The number of hydrogen-bond donors (Lipinski definition) is 2. The van der Waals surface area contributed by atoms with Crippen molar-refractivity contribution in [2.24, 2.45) is 5.92 Å². The Morgan fingerprint density at radius 2 is 2.25 bits per heavy atom. The smallest absolute Gasteiger partial charge is 0.0227 e. The van der Waals surface area contributed by atoms with E-state index in [0.717, 1.165) is 12.5 Å². The van der Waals surface area contributed by atoms with E-state index in [4.69, 9.17) is 0 Å². The Balaban J connectivity index is 2.30. The van der Waals surface area contributed by atoms with Gasteiger partial charge >= 0.3 is 0 Å². The van der Waals surface area contributed by atoms with Crippen LogP contribution in [0.2, 0.25) is 0 Å². The Hall–Kier alpha value is -0.0800. The predicted molar refractivity (Wildman–Crippen MR) is 34.9 cm³/mol. The van der Waals surface area contributed by atoms with Gasteiger partial charge in [0.05, 0.1) is 0 Å². The van der Waals surface area contributed by atoms with Crippen LogP contribution in [0.1, 0.15) is 6.92 Å². The molecule has 0 aromatic carbocycles. The molecule has 0 aliphatic carbocycles. The highest BCUT2D eigenvalue weighted by molar-refractivity contribution is 4.82. The van der Waals surface area contributed by atoms with E-state index < -0.39 is 0 Å². The van der Waals surface area contributed by atoms with Gasteiger partial charge in [-0.05, 0) is 19.5 Å². The lowest BCUT2D eigenvalue weighted by Gasteiger charge is -2.10. The van der Waals surface area contributed by atoms with Gasteiger partial charge in [-0.3, -0.25) is 0 Å². The molecule has 8 heavy (non-hydrogen) atoms. The lowest BCUT2D eigenvalue weighted by atomic mass is 10.1. The van der Waals surface area contributed by atoms with E-state index in [-0.39, 0.29) is 0 Å². The molecular weight excluding hydrogens is 100 g/mol. The van der Waals surface area contributed by atoms with Gasteiger partial charge in [0, 0.05) is 12.6 Å². The van der Waals surface area contributed by atoms with Crippen LogP contribution >= 0.6 is 0 Å². The van der Waals surface area contributed by atoms with Crippen molar-refractivity contribution in [3.63, 3.8) is 0 Å². The van der Waals surface area contributed by atoms with Crippen LogP contribution in [0.3, 0.4) is 0 Å². The van der Waals surface area contributed by atoms with Crippen LogP contribution in [-0.4, -0.2) is 26.2 Å². The first kappa shape index (κ1) is 6.05. The molecule has 1 aliphatic rings. The Morgan fingerprint density at radius 1 is 1.50 bits per heavy atom. The third-order valence-electron chi connectivity index (χ3n) is 1.89. The summed E-state index contributed by atoms with van der Waals surface area (Å²) in [4.78, 5) is 0. The van der Waals surface area contributed by atoms with Crippen LogP contribution in [0.15, 0.2) is 0 Å². The molecule has 0 amide bonds. The molecule has 0 aromatic rings. The summed E-state index contributed by atoms with van der Waals surface area (Å²) in [6.45, 7) is 4.57. The number of rotatable bonds is 1. The Labute approximate surface area is 50.7 Å². The van der Waals surface area contributed by atoms with E-state index in [1.165, 1.54) is 6.54 Å². The molecule has 0 saturated carbocycles. The van der Waals surface area contributed by atoms with Gasteiger partial charge in [0.2, 0.25) is 0 Å². The van der Waals surface area contributed by atoms with Crippen molar-refractivity contribution in [3.8, 4) is 0 Å². The van der Waals surface area contributed by atoms with Crippen molar-refractivity contribution in [2.75, 3.05) is 20.1 Å². The quantitative estimate of drug-likeness (QED) is 0.494. The van der Waals surface area contributed by atoms with Crippen LogP contribution in [0.25, 0.3) is 0 Å². The molecule has 2 nitrogen and oxygen atoms in total. The highest BCUT2D eigenvalue weighted by Crippen LogP contribution is 2.05. The monoisotopic (exact) mass is 114 g/mol. The van der Waals surface area contributed by atoms with Crippen molar-refractivity contribution in [3.05, 3.63) is 0 Å². The minimum Gasteiger partial charge on any atom is -0.315 e. The van der Waals surface area contributed by atoms with E-state index in [1.807, 2.05) is 7.05 Å². The molecule has 1 saturated heterocycles. The van der Waals surface area contributed by atoms with Gasteiger partial charge in [-0.25, -0.2) is 0 Å². The fourth-order valence-electron chi connectivity index (χ4n) is 1.20. The van der Waals surface area contributed by atoms with E-state index in [0.29, 0.717) is 6.04 Å². The van der Waals surface area contributed by atoms with Crippen LogP contribution in [0.4, 0.5) is 0 Å². The summed E-state index contributed by atoms with van der Waals surface area (Å²) in [5.41, 5.74) is 0. The van der Waals surface area contributed by atoms with Crippen molar-refractivity contribution in [1.29, 1.82) is 0 Å². The first-order valence-electron chi connectivity index (χ1n) is 3.22. The minimum atomic E-state index is 0.704. The number of likely N-dealkylation sites (N-methyl/N-ethyl adjacent to an activating group) is 1. The van der Waals surface area contributed by atoms with Crippen LogP contribution in [-0.2, 0) is 0 Å². The maximum absolute atomic E-state index is 3.31. The number of hydrogen-bond acceptors (Lipinski definition) is 2. The van der Waals surface area contributed by atoms with E-state index in [1.54, 1.807) is 0 Å². The van der Waals surface area contributed by atoms with E-state index >= 15 is 0 Å². The van der Waals surface area contributed by atoms with Crippen molar-refractivity contribution in [2.45, 2.75) is 13.0 Å². The average Bonchev–Trinajstić information content (AvgIpc) is 2.14. The standard InChI is InChI=1S/C6H14N2/c1-5-3-8-4-6(5)7-2/h5-8H,3-4H2,1-2H3/t5-,6-/m1/s1. The molecule has 2 N–H and O–H groups in total. The van der Waals surface area contributed by atoms with E-state index in [9.17, 15) is 0 Å². The van der Waals surface area contributed by atoms with Crippen LogP contribution in [0.5, 0.6) is 0 Å². The van der Waals surface area contributed by atoms with Gasteiger partial charge in [0.25, 0.3) is 0 Å². The molecule has 2 atom stereocenters. The Kier molecular flexibility index (Phi) is 1.86. The topological polar surface area (TPSA) is 24.1 Å². The maximum Gasteiger partial charge on any atom is 0.0227 e. The lowest BCUT2D eigenvalue weighted by molar-refractivity contribution is 0.490. The molecule has 2 heteroatoms. The van der Waals surface area contributed by atoms with Crippen molar-refractivity contribution < 1.29 is 0 Å². The average molecular weight is 114 g/mol. The highest BCUT2D eigenvalue weighted by Gasteiger charge is 2.19. The largest absolute Gasteiger partial charge is 0.315 e. The summed E-state index contributed by atoms with van der Waals surface area (Å²) in [7, 11) is 2.02. The van der Waals surface area contributed by atoms with Gasteiger partial charge in [0.15, 0.2) is 0 Å². The first-order chi connectivity index (χ1) is 3.84. The highest BCUT2D eigenvalue weighted by atomic mass is 15.0. The molecule has 48 valence electrons. The lowest BCUT2D eigenvalue weighted by Crippen LogP contribution is -2.31. The third kappa shape index (κ3) is 1.01. The SMILES string of the molecule is CN[C@@H]1CNC[C@H]1C. The zero-order valence-corrected chi connectivity index (χ0v) is 5.57. The van der Waals surface area contributed by atoms with Gasteiger partial charge in [0.1, 0.15) is 0 Å². The molecular formula is C6H14N2. The first-order valence-corrected chi connectivity index (χ1v) is 3.22. The van der Waals surface area contributed by atoms with E-state index in [2.05, 4.69) is 17.6 Å². The third-order valence-corrected chi connectivity index (χ3v) is 1.89. The summed E-state index contributed by atoms with van der Waals surface area (Å²) in [5.74, 6) is 0.806. The van der Waals surface area contributed by atoms with Gasteiger partial charge in [-0.2, -0.15) is 0 Å². The zero-order chi connectivity index (χ0) is 5.98. The molecule has 1 rings (SSSR count). The second-order valence-corrected chi connectivity index (χ2v) is 2.53. The van der Waals surface area contributed by atoms with Crippen molar-refractivity contribution in [1.82, 2.24) is 10.6 Å². The van der Waals surface area contributed by atoms with Gasteiger partial charge in [-0.15, -0.1) is 0 Å². The van der Waals surface area contributed by atoms with Crippen molar-refractivity contribution >= 4 is 0 Å². The van der Waals surface area contributed by atoms with Gasteiger partial charge in [-0.1, -0.05) is 6.92 Å². The summed E-state index contributed by atoms with van der Waals surface area (Å²) in [6, 6.07) is 0.704. The number of nitrogens with one attached hydrogen (secondary N) is 2. The summed E-state index contributed by atoms with van der Waals surface area (Å²) in [5, 5.41) is 6.56. The molecule has 0 spiro atoms. The normalized spacial score (nSPS) is 38.2. The molecule has 1 heterocycles. The Bertz CT molecular complexity index is 72.9. The van der Waals surface area contributed by atoms with Crippen LogP contribution < -0.4 is 10.6 Å². The maximum atomic E-state index is 3.31. The summed E-state index contributed by atoms with van der Waals surface area (Å²) >= 11 is 0. The zero-order valence-electron chi connectivity index (χ0n) is 5.57. The predicted octanol–water partition coefficient (Wildman–Crippen LogP) is -0.186. The second-order valence-electron chi connectivity index (χ2n) is 2.53. The fourth-order valence-corrected chi connectivity index (χ4v) is 1.20. The fraction of sp³-hybridized carbons (Fsp3) is 1.00. The molecule has 1 aliphatic heterocycles. The Morgan fingerprint density at radius 3 is 2.50 bits per heavy atom. The van der Waals surface area contributed by atoms with Gasteiger partial charge < -0.3 is 10.6 Å². The molecule has 1 fully saturated rings. The van der Waals surface area contributed by atoms with Crippen LogP contribution in [0, 0.1) is 5.92 Å². The molecule has 0 radical (unpaired) electrons. The summed E-state index contributed by atoms with van der Waals surface area (Å²) < 4.78 is 0. The summed E-state index contributed by atoms with van der Waals surface area (Å²) in [6.07, 6.45) is 0. The minimum absolute atomic E-state index is 0.704. The molecule has 0 aromatic heterocycles. The molecule has 0 unspecified atom stereocenters.